The van der Waals surface area contributed by atoms with Crippen LogP contribution in [-0.4, -0.2) is 20.4 Å². The lowest BCUT2D eigenvalue weighted by Crippen LogP contribution is -2.23. The quantitative estimate of drug-likeness (QED) is 0.423. The maximum absolute atomic E-state index is 13.2. The van der Waals surface area contributed by atoms with Gasteiger partial charge in [-0.1, -0.05) is 48.5 Å². The molecule has 0 saturated carbocycles. The number of amides is 1. The number of anilines is 1. The molecule has 0 saturated heterocycles. The first-order valence-corrected chi connectivity index (χ1v) is 10.9. The third-order valence-corrected chi connectivity index (χ3v) is 6.31. The van der Waals surface area contributed by atoms with Crippen LogP contribution < -0.4 is 11.1 Å². The van der Waals surface area contributed by atoms with Gasteiger partial charge in [0.15, 0.2) is 5.65 Å². The van der Waals surface area contributed by atoms with E-state index in [0.717, 1.165) is 21.5 Å². The fourth-order valence-corrected chi connectivity index (χ4v) is 4.49. The summed E-state index contributed by atoms with van der Waals surface area (Å²) >= 11 is 1.60. The number of hydrogen-bond acceptors (Lipinski definition) is 5. The van der Waals surface area contributed by atoms with Crippen LogP contribution in [0.2, 0.25) is 0 Å². The van der Waals surface area contributed by atoms with Crippen molar-refractivity contribution >= 4 is 45.3 Å². The number of benzene rings is 2. The smallest absolute Gasteiger partial charge is 0.257 e. The van der Waals surface area contributed by atoms with Crippen molar-refractivity contribution in [2.75, 3.05) is 5.73 Å². The van der Waals surface area contributed by atoms with Crippen molar-refractivity contribution in [3.8, 4) is 0 Å². The zero-order chi connectivity index (χ0) is 21.4. The highest BCUT2D eigenvalue weighted by Gasteiger charge is 2.26. The van der Waals surface area contributed by atoms with Gasteiger partial charge in [0.2, 0.25) is 0 Å². The number of nitrogen functional groups attached to an aromatic ring is 1. The lowest BCUT2D eigenvalue weighted by molar-refractivity contribution is 0.0953. The van der Waals surface area contributed by atoms with Gasteiger partial charge in [-0.2, -0.15) is 0 Å². The van der Waals surface area contributed by atoms with E-state index in [-0.39, 0.29) is 11.9 Å². The zero-order valence-electron chi connectivity index (χ0n) is 16.9. The second-order valence-corrected chi connectivity index (χ2v) is 8.40. The van der Waals surface area contributed by atoms with Crippen LogP contribution in [-0.2, 0) is 6.54 Å². The molecule has 0 aliphatic rings. The highest BCUT2D eigenvalue weighted by Crippen LogP contribution is 2.33. The number of fused-ring (bicyclic) bond motifs is 2. The summed E-state index contributed by atoms with van der Waals surface area (Å²) in [5.74, 6) is 0.116. The van der Waals surface area contributed by atoms with Crippen LogP contribution in [0.15, 0.2) is 72.1 Å². The Labute approximate surface area is 183 Å². The molecule has 0 radical (unpaired) electrons. The van der Waals surface area contributed by atoms with E-state index in [2.05, 4.69) is 12.2 Å². The molecule has 5 rings (SSSR count). The molecule has 0 bridgehead atoms. The van der Waals surface area contributed by atoms with Gasteiger partial charge in [0, 0.05) is 4.88 Å². The van der Waals surface area contributed by atoms with E-state index >= 15 is 0 Å². The molecule has 3 aromatic heterocycles. The van der Waals surface area contributed by atoms with E-state index in [0.29, 0.717) is 29.1 Å². The highest BCUT2D eigenvalue weighted by molar-refractivity contribution is 7.09. The second-order valence-electron chi connectivity index (χ2n) is 7.36. The van der Waals surface area contributed by atoms with Crippen LogP contribution in [0.5, 0.6) is 0 Å². The number of rotatable bonds is 5. The lowest BCUT2D eigenvalue weighted by Gasteiger charge is -2.17. The number of hydrogen-bond donors (Lipinski definition) is 2. The molecule has 0 spiro atoms. The molecule has 6 nitrogen and oxygen atoms in total. The van der Waals surface area contributed by atoms with Crippen molar-refractivity contribution < 1.29 is 4.79 Å². The number of nitrogens with one attached hydrogen (secondary N) is 1. The molecule has 1 atom stereocenters. The third kappa shape index (κ3) is 3.43. The summed E-state index contributed by atoms with van der Waals surface area (Å²) < 4.78 is 1.91. The van der Waals surface area contributed by atoms with Crippen molar-refractivity contribution in [2.45, 2.75) is 19.5 Å². The van der Waals surface area contributed by atoms with Gasteiger partial charge in [0.05, 0.1) is 23.6 Å². The monoisotopic (exact) mass is 427 g/mol. The first-order valence-electron chi connectivity index (χ1n) is 10.0. The van der Waals surface area contributed by atoms with Crippen molar-refractivity contribution in [3.05, 3.63) is 88.1 Å². The predicted octanol–water partition coefficient (Wildman–Crippen LogP) is 4.77. The predicted molar refractivity (Wildman–Crippen MR) is 125 cm³/mol. The molecule has 154 valence electrons. The standard InChI is InChI=1S/C24H21N5OS/c1-15(16-8-3-2-4-9-16)29-22(25)20(24(30)26-14-17-10-7-13-31-17)21-23(29)28-19-12-6-5-11-18(19)27-21/h2-13,15H,14,25H2,1H3,(H,26,30). The Morgan fingerprint density at radius 2 is 1.74 bits per heavy atom. The van der Waals surface area contributed by atoms with Crippen molar-refractivity contribution in [1.29, 1.82) is 0 Å². The Hall–Kier alpha value is -3.71. The maximum atomic E-state index is 13.2. The Balaban J connectivity index is 1.67. The summed E-state index contributed by atoms with van der Waals surface area (Å²) in [7, 11) is 0. The molecule has 0 fully saturated rings. The third-order valence-electron chi connectivity index (χ3n) is 5.43. The molecule has 1 unspecified atom stereocenters. The maximum Gasteiger partial charge on any atom is 0.257 e. The number of carbonyl (C=O) groups is 1. The topological polar surface area (TPSA) is 85.8 Å². The molecule has 5 aromatic rings. The Morgan fingerprint density at radius 3 is 2.45 bits per heavy atom. The SMILES string of the molecule is CC(c1ccccc1)n1c(N)c(C(=O)NCc2cccs2)c2nc3ccccc3nc21. The van der Waals surface area contributed by atoms with E-state index < -0.39 is 0 Å². The van der Waals surface area contributed by atoms with Crippen LogP contribution >= 0.6 is 11.3 Å². The zero-order valence-corrected chi connectivity index (χ0v) is 17.8. The Kier molecular flexibility index (Phi) is 4.88. The van der Waals surface area contributed by atoms with Crippen LogP contribution in [0, 0.1) is 0 Å². The fourth-order valence-electron chi connectivity index (χ4n) is 3.85. The molecule has 0 aliphatic carbocycles. The highest BCUT2D eigenvalue weighted by atomic mass is 32.1. The largest absolute Gasteiger partial charge is 0.384 e. The van der Waals surface area contributed by atoms with Gasteiger partial charge in [-0.3, -0.25) is 4.79 Å². The van der Waals surface area contributed by atoms with Crippen molar-refractivity contribution in [1.82, 2.24) is 19.9 Å². The average molecular weight is 428 g/mol. The van der Waals surface area contributed by atoms with Crippen LogP contribution in [0.4, 0.5) is 5.82 Å². The van der Waals surface area contributed by atoms with Gasteiger partial charge in [0.1, 0.15) is 16.9 Å². The Bertz CT molecular complexity index is 1380. The minimum absolute atomic E-state index is 0.113. The summed E-state index contributed by atoms with van der Waals surface area (Å²) in [6.07, 6.45) is 0. The summed E-state index contributed by atoms with van der Waals surface area (Å²) in [4.78, 5) is 23.9. The molecule has 7 heteroatoms. The molecule has 3 N–H and O–H groups in total. The van der Waals surface area contributed by atoms with Gasteiger partial charge >= 0.3 is 0 Å². The van der Waals surface area contributed by atoms with Gasteiger partial charge in [0.25, 0.3) is 5.91 Å². The number of thiophene rings is 1. The minimum atomic E-state index is -0.250. The summed E-state index contributed by atoms with van der Waals surface area (Å²) in [6, 6.07) is 21.5. The van der Waals surface area contributed by atoms with Crippen LogP contribution in [0.1, 0.15) is 33.8 Å². The number of aromatic nitrogens is 3. The molecule has 1 amide bonds. The normalized spacial score (nSPS) is 12.3. The molecule has 2 aromatic carbocycles. The summed E-state index contributed by atoms with van der Waals surface area (Å²) in [5, 5.41) is 4.97. The number of nitrogens with two attached hydrogens (primary N) is 1. The first kappa shape index (κ1) is 19.3. The van der Waals surface area contributed by atoms with E-state index in [1.54, 1.807) is 11.3 Å². The summed E-state index contributed by atoms with van der Waals surface area (Å²) in [5.41, 5.74) is 10.6. The minimum Gasteiger partial charge on any atom is -0.384 e. The number of carbonyl (C=O) groups excluding carboxylic acids is 1. The van der Waals surface area contributed by atoms with E-state index in [9.17, 15) is 4.79 Å². The molecular weight excluding hydrogens is 406 g/mol. The van der Waals surface area contributed by atoms with E-state index in [1.165, 1.54) is 0 Å². The van der Waals surface area contributed by atoms with Crippen LogP contribution in [0.3, 0.4) is 0 Å². The summed E-state index contributed by atoms with van der Waals surface area (Å²) in [6.45, 7) is 2.49. The van der Waals surface area contributed by atoms with E-state index in [1.807, 2.05) is 76.7 Å². The number of para-hydroxylation sites is 2. The van der Waals surface area contributed by atoms with E-state index in [4.69, 9.17) is 15.7 Å². The van der Waals surface area contributed by atoms with Gasteiger partial charge < -0.3 is 15.6 Å². The Morgan fingerprint density at radius 1 is 1.03 bits per heavy atom. The molecular formula is C24H21N5OS. The first-order chi connectivity index (χ1) is 15.1. The molecule has 3 heterocycles. The van der Waals surface area contributed by atoms with Gasteiger partial charge in [-0.05, 0) is 36.1 Å². The molecule has 0 aliphatic heterocycles. The van der Waals surface area contributed by atoms with Gasteiger partial charge in [-0.25, -0.2) is 9.97 Å². The molecule has 31 heavy (non-hydrogen) atoms. The fraction of sp³-hybridized carbons (Fsp3) is 0.125. The average Bonchev–Trinajstić information content (AvgIpc) is 3.41. The number of nitrogens with zero attached hydrogens (tertiary/aromatic N) is 3. The van der Waals surface area contributed by atoms with Gasteiger partial charge in [-0.15, -0.1) is 11.3 Å². The lowest BCUT2D eigenvalue weighted by atomic mass is 10.1. The van der Waals surface area contributed by atoms with Crippen LogP contribution in [0.25, 0.3) is 22.2 Å². The van der Waals surface area contributed by atoms with Crippen molar-refractivity contribution in [2.24, 2.45) is 0 Å². The second kappa shape index (κ2) is 7.85. The van der Waals surface area contributed by atoms with Crippen molar-refractivity contribution in [3.63, 3.8) is 0 Å².